The fraction of sp³-hybridized carbons (Fsp3) is 0.105. The van der Waals surface area contributed by atoms with Gasteiger partial charge in [0.05, 0.1) is 18.8 Å². The second kappa shape index (κ2) is 7.94. The molecule has 0 N–H and O–H groups in total. The van der Waals surface area contributed by atoms with E-state index in [9.17, 15) is 5.26 Å². The standard InChI is InChI=1S/C19H14ClNO2/c1-3-10-23-19-9-6-17(20)12-15(19)11-16(13-21)14-4-7-18(22-2)8-5-14/h1,4-9,11-12H,10H2,2H3/b16-11+. The lowest BCUT2D eigenvalue weighted by atomic mass is 10.0. The molecule has 2 aromatic rings. The van der Waals surface area contributed by atoms with Crippen molar-refractivity contribution in [2.75, 3.05) is 13.7 Å². The molecule has 0 bridgehead atoms. The van der Waals surface area contributed by atoms with Crippen molar-refractivity contribution in [3.8, 4) is 29.9 Å². The summed E-state index contributed by atoms with van der Waals surface area (Å²) in [6, 6.07) is 14.6. The predicted octanol–water partition coefficient (Wildman–Crippen LogP) is 4.42. The van der Waals surface area contributed by atoms with E-state index < -0.39 is 0 Å². The van der Waals surface area contributed by atoms with Crippen LogP contribution < -0.4 is 9.47 Å². The van der Waals surface area contributed by atoms with Gasteiger partial charge in [-0.05, 0) is 54.1 Å². The van der Waals surface area contributed by atoms with E-state index in [0.29, 0.717) is 21.9 Å². The van der Waals surface area contributed by atoms with Gasteiger partial charge in [-0.25, -0.2) is 0 Å². The Balaban J connectivity index is 2.42. The van der Waals surface area contributed by atoms with E-state index in [1.165, 1.54) is 0 Å². The summed E-state index contributed by atoms with van der Waals surface area (Å²) in [4.78, 5) is 0. The lowest BCUT2D eigenvalue weighted by Gasteiger charge is -2.08. The van der Waals surface area contributed by atoms with Crippen molar-refractivity contribution in [2.24, 2.45) is 0 Å². The number of methoxy groups -OCH3 is 1. The van der Waals surface area contributed by atoms with Crippen LogP contribution in [0.1, 0.15) is 11.1 Å². The molecular formula is C19H14ClNO2. The number of rotatable bonds is 5. The van der Waals surface area contributed by atoms with Crippen molar-refractivity contribution < 1.29 is 9.47 Å². The Morgan fingerprint density at radius 3 is 2.61 bits per heavy atom. The largest absolute Gasteiger partial charge is 0.497 e. The molecule has 3 nitrogen and oxygen atoms in total. The molecule has 0 aliphatic carbocycles. The lowest BCUT2D eigenvalue weighted by molar-refractivity contribution is 0.369. The first-order valence-electron chi connectivity index (χ1n) is 6.80. The first kappa shape index (κ1) is 16.5. The SMILES string of the molecule is C#CCOc1ccc(Cl)cc1/C=C(\C#N)c1ccc(OC)cc1. The normalized spacial score (nSPS) is 10.5. The highest BCUT2D eigenvalue weighted by Crippen LogP contribution is 2.28. The maximum atomic E-state index is 9.45. The molecule has 2 rings (SSSR count). The molecule has 0 aliphatic heterocycles. The Morgan fingerprint density at radius 2 is 2.00 bits per heavy atom. The Hall–Kier alpha value is -2.88. The van der Waals surface area contributed by atoms with Gasteiger partial charge in [0.15, 0.2) is 0 Å². The van der Waals surface area contributed by atoms with Gasteiger partial charge < -0.3 is 9.47 Å². The molecule has 0 atom stereocenters. The van der Waals surface area contributed by atoms with Crippen LogP contribution in [0, 0.1) is 23.7 Å². The van der Waals surface area contributed by atoms with Crippen LogP contribution >= 0.6 is 11.6 Å². The summed E-state index contributed by atoms with van der Waals surface area (Å²) in [6.45, 7) is 0.146. The average Bonchev–Trinajstić information content (AvgIpc) is 2.59. The minimum atomic E-state index is 0.146. The van der Waals surface area contributed by atoms with Crippen LogP contribution in [0.25, 0.3) is 11.6 Å². The van der Waals surface area contributed by atoms with Gasteiger partial charge in [-0.2, -0.15) is 5.26 Å². The number of hydrogen-bond acceptors (Lipinski definition) is 3. The Morgan fingerprint density at radius 1 is 1.26 bits per heavy atom. The summed E-state index contributed by atoms with van der Waals surface area (Å²) >= 11 is 6.04. The lowest BCUT2D eigenvalue weighted by Crippen LogP contribution is -1.96. The topological polar surface area (TPSA) is 42.2 Å². The van der Waals surface area contributed by atoms with E-state index in [1.807, 2.05) is 12.1 Å². The van der Waals surface area contributed by atoms with Crippen molar-refractivity contribution in [3.63, 3.8) is 0 Å². The van der Waals surface area contributed by atoms with E-state index in [2.05, 4.69) is 12.0 Å². The average molecular weight is 324 g/mol. The van der Waals surface area contributed by atoms with Gasteiger partial charge in [0, 0.05) is 10.6 Å². The number of nitriles is 1. The summed E-state index contributed by atoms with van der Waals surface area (Å²) in [7, 11) is 1.59. The molecule has 2 aromatic carbocycles. The zero-order valence-corrected chi connectivity index (χ0v) is 13.3. The Labute approximate surface area is 140 Å². The van der Waals surface area contributed by atoms with Crippen LogP contribution in [0.15, 0.2) is 42.5 Å². The second-order valence-electron chi connectivity index (χ2n) is 4.57. The van der Waals surface area contributed by atoms with Crippen molar-refractivity contribution in [2.45, 2.75) is 0 Å². The summed E-state index contributed by atoms with van der Waals surface area (Å²) in [6.07, 6.45) is 6.94. The maximum Gasteiger partial charge on any atom is 0.148 e. The number of nitrogens with zero attached hydrogens (tertiary/aromatic N) is 1. The van der Waals surface area contributed by atoms with Crippen LogP contribution in [0.5, 0.6) is 11.5 Å². The van der Waals surface area contributed by atoms with Gasteiger partial charge in [-0.1, -0.05) is 17.5 Å². The summed E-state index contributed by atoms with van der Waals surface area (Å²) in [5.41, 5.74) is 1.96. The molecule has 0 saturated heterocycles. The molecule has 0 saturated carbocycles. The molecule has 23 heavy (non-hydrogen) atoms. The summed E-state index contributed by atoms with van der Waals surface area (Å²) in [5.74, 6) is 3.72. The fourth-order valence-electron chi connectivity index (χ4n) is 1.99. The zero-order chi connectivity index (χ0) is 16.7. The fourth-order valence-corrected chi connectivity index (χ4v) is 2.17. The van der Waals surface area contributed by atoms with E-state index in [1.54, 1.807) is 43.5 Å². The molecule has 0 radical (unpaired) electrons. The van der Waals surface area contributed by atoms with Crippen LogP contribution in [0.4, 0.5) is 0 Å². The maximum absolute atomic E-state index is 9.45. The van der Waals surface area contributed by atoms with Gasteiger partial charge in [0.1, 0.15) is 18.1 Å². The third-order valence-corrected chi connectivity index (χ3v) is 3.34. The quantitative estimate of drug-likeness (QED) is 0.464. The van der Waals surface area contributed by atoms with Crippen LogP contribution in [-0.4, -0.2) is 13.7 Å². The zero-order valence-electron chi connectivity index (χ0n) is 12.5. The van der Waals surface area contributed by atoms with Crippen molar-refractivity contribution in [1.82, 2.24) is 0 Å². The highest BCUT2D eigenvalue weighted by Gasteiger charge is 2.07. The van der Waals surface area contributed by atoms with Gasteiger partial charge in [0.25, 0.3) is 0 Å². The predicted molar refractivity (Wildman–Crippen MR) is 92.3 cm³/mol. The van der Waals surface area contributed by atoms with Crippen LogP contribution in [0.3, 0.4) is 0 Å². The van der Waals surface area contributed by atoms with Crippen LogP contribution in [0.2, 0.25) is 5.02 Å². The smallest absolute Gasteiger partial charge is 0.148 e. The second-order valence-corrected chi connectivity index (χ2v) is 5.01. The number of hydrogen-bond donors (Lipinski definition) is 0. The van der Waals surface area contributed by atoms with Gasteiger partial charge in [0.2, 0.25) is 0 Å². The van der Waals surface area contributed by atoms with Gasteiger partial charge in [-0.3, -0.25) is 0 Å². The van der Waals surface area contributed by atoms with Crippen LogP contribution in [-0.2, 0) is 0 Å². The number of benzene rings is 2. The van der Waals surface area contributed by atoms with E-state index >= 15 is 0 Å². The molecule has 0 unspecified atom stereocenters. The molecule has 0 aromatic heterocycles. The molecule has 114 valence electrons. The minimum Gasteiger partial charge on any atom is -0.497 e. The van der Waals surface area contributed by atoms with Crippen molar-refractivity contribution >= 4 is 23.3 Å². The molecule has 0 aliphatic rings. The molecular weight excluding hydrogens is 310 g/mol. The van der Waals surface area contributed by atoms with E-state index in [4.69, 9.17) is 27.5 Å². The number of allylic oxidation sites excluding steroid dienone is 1. The van der Waals surface area contributed by atoms with Gasteiger partial charge in [-0.15, -0.1) is 6.42 Å². The number of ether oxygens (including phenoxy) is 2. The first-order chi connectivity index (χ1) is 11.2. The highest BCUT2D eigenvalue weighted by atomic mass is 35.5. The Bertz CT molecular complexity index is 796. The summed E-state index contributed by atoms with van der Waals surface area (Å²) < 4.78 is 10.6. The van der Waals surface area contributed by atoms with Crippen molar-refractivity contribution in [3.05, 3.63) is 58.6 Å². The molecule has 4 heteroatoms. The number of halogens is 1. The monoisotopic (exact) mass is 323 g/mol. The molecule has 0 fully saturated rings. The first-order valence-corrected chi connectivity index (χ1v) is 7.17. The Kier molecular flexibility index (Phi) is 5.69. The third kappa shape index (κ3) is 4.30. The van der Waals surface area contributed by atoms with E-state index in [-0.39, 0.29) is 6.61 Å². The minimum absolute atomic E-state index is 0.146. The highest BCUT2D eigenvalue weighted by molar-refractivity contribution is 6.30. The summed E-state index contributed by atoms with van der Waals surface area (Å²) in [5, 5.41) is 10.0. The van der Waals surface area contributed by atoms with Gasteiger partial charge >= 0.3 is 0 Å². The molecule has 0 amide bonds. The third-order valence-electron chi connectivity index (χ3n) is 3.10. The van der Waals surface area contributed by atoms with E-state index in [0.717, 1.165) is 11.3 Å². The van der Waals surface area contributed by atoms with Crippen molar-refractivity contribution in [1.29, 1.82) is 5.26 Å². The molecule has 0 spiro atoms. The number of terminal acetylenes is 1. The molecule has 0 heterocycles.